The molecule has 0 aromatic heterocycles. The lowest BCUT2D eigenvalue weighted by Gasteiger charge is -2.55. The molecule has 7 rings (SSSR count). The molecule has 4 nitrogen and oxygen atoms in total. The van der Waals surface area contributed by atoms with Crippen molar-refractivity contribution in [1.82, 2.24) is 0 Å². The van der Waals surface area contributed by atoms with Crippen molar-refractivity contribution in [1.29, 1.82) is 5.26 Å². The Morgan fingerprint density at radius 3 is 1.45 bits per heavy atom. The van der Waals surface area contributed by atoms with Crippen molar-refractivity contribution in [3.8, 4) is 6.07 Å². The summed E-state index contributed by atoms with van der Waals surface area (Å²) in [5, 5.41) is 9.10. The minimum Gasteiger partial charge on any atom is -0.274 e. The lowest BCUT2D eigenvalue weighted by molar-refractivity contribution is -0.122. The van der Waals surface area contributed by atoms with Gasteiger partial charge in [-0.2, -0.15) is 5.26 Å². The Kier molecular flexibility index (Phi) is 3.77. The number of imide groups is 1. The van der Waals surface area contributed by atoms with Gasteiger partial charge in [-0.3, -0.25) is 9.59 Å². The zero-order valence-corrected chi connectivity index (χ0v) is 19.2. The van der Waals surface area contributed by atoms with Gasteiger partial charge in [-0.15, -0.1) is 0 Å². The number of hydrogen-bond donors (Lipinski definition) is 0. The normalized spacial score (nSPS) is 29.9. The van der Waals surface area contributed by atoms with E-state index in [1.807, 2.05) is 48.5 Å². The van der Waals surface area contributed by atoms with E-state index < -0.39 is 20.5 Å². The SMILES string of the molecule is N#Cc1ccc(N2C(=O)[C@@H]3[C@@H](C2=O)C2(Br)c4ccccc4C3(Br)c3ccccc32)cc1. The van der Waals surface area contributed by atoms with Crippen LogP contribution in [0.3, 0.4) is 0 Å². The molecular formula is C25H14Br2N2O2. The van der Waals surface area contributed by atoms with Gasteiger partial charge < -0.3 is 0 Å². The van der Waals surface area contributed by atoms with Crippen molar-refractivity contribution in [3.63, 3.8) is 0 Å². The first kappa shape index (κ1) is 19.0. The molecule has 1 saturated heterocycles. The van der Waals surface area contributed by atoms with Gasteiger partial charge in [0, 0.05) is 0 Å². The Bertz CT molecular complexity index is 1220. The van der Waals surface area contributed by atoms with Crippen LogP contribution in [0.4, 0.5) is 5.69 Å². The highest BCUT2D eigenvalue weighted by Crippen LogP contribution is 2.70. The molecule has 31 heavy (non-hydrogen) atoms. The minimum atomic E-state index is -0.797. The molecule has 0 saturated carbocycles. The lowest BCUT2D eigenvalue weighted by atomic mass is 9.54. The van der Waals surface area contributed by atoms with Gasteiger partial charge in [0.1, 0.15) is 0 Å². The molecule has 3 aromatic carbocycles. The number of nitriles is 1. The summed E-state index contributed by atoms with van der Waals surface area (Å²) in [6, 6.07) is 24.7. The lowest BCUT2D eigenvalue weighted by Crippen LogP contribution is -2.56. The maximum Gasteiger partial charge on any atom is 0.239 e. The third kappa shape index (κ3) is 2.09. The summed E-state index contributed by atoms with van der Waals surface area (Å²) in [6.45, 7) is 0. The quantitative estimate of drug-likeness (QED) is 0.328. The number of alkyl halides is 2. The second-order valence-electron chi connectivity index (χ2n) is 8.14. The van der Waals surface area contributed by atoms with Crippen LogP contribution in [0.1, 0.15) is 27.8 Å². The topological polar surface area (TPSA) is 61.2 Å². The third-order valence-corrected chi connectivity index (χ3v) is 9.54. The van der Waals surface area contributed by atoms with E-state index in [1.165, 1.54) is 4.90 Å². The molecule has 6 heteroatoms. The Morgan fingerprint density at radius 2 is 1.10 bits per heavy atom. The first-order valence-electron chi connectivity index (χ1n) is 9.89. The molecule has 1 heterocycles. The van der Waals surface area contributed by atoms with Gasteiger partial charge in [-0.05, 0) is 46.5 Å². The van der Waals surface area contributed by atoms with Gasteiger partial charge in [0.15, 0.2) is 0 Å². The second kappa shape index (κ2) is 6.15. The molecule has 0 N–H and O–H groups in total. The van der Waals surface area contributed by atoms with E-state index >= 15 is 0 Å². The van der Waals surface area contributed by atoms with Crippen LogP contribution < -0.4 is 4.90 Å². The van der Waals surface area contributed by atoms with E-state index in [2.05, 4.69) is 37.9 Å². The molecular weight excluding hydrogens is 520 g/mol. The van der Waals surface area contributed by atoms with Crippen molar-refractivity contribution < 1.29 is 9.59 Å². The molecule has 1 fully saturated rings. The third-order valence-electron chi connectivity index (χ3n) is 6.84. The zero-order chi connectivity index (χ0) is 21.5. The van der Waals surface area contributed by atoms with Crippen LogP contribution in [-0.2, 0) is 18.2 Å². The average Bonchev–Trinajstić information content (AvgIpc) is 3.08. The second-order valence-corrected chi connectivity index (χ2v) is 10.6. The van der Waals surface area contributed by atoms with Crippen molar-refractivity contribution in [3.05, 3.63) is 101 Å². The fourth-order valence-corrected chi connectivity index (χ4v) is 7.91. The molecule has 2 amide bonds. The highest BCUT2D eigenvalue weighted by molar-refractivity contribution is 9.10. The predicted molar refractivity (Wildman–Crippen MR) is 123 cm³/mol. The number of anilines is 1. The van der Waals surface area contributed by atoms with E-state index in [0.29, 0.717) is 11.3 Å². The number of halogens is 2. The molecule has 0 spiro atoms. The van der Waals surface area contributed by atoms with Crippen molar-refractivity contribution in [2.75, 3.05) is 4.90 Å². The van der Waals surface area contributed by atoms with Gasteiger partial charge in [0.05, 0.1) is 37.8 Å². The van der Waals surface area contributed by atoms with Crippen LogP contribution in [0.5, 0.6) is 0 Å². The van der Waals surface area contributed by atoms with Gasteiger partial charge in [-0.25, -0.2) is 4.90 Å². The summed E-state index contributed by atoms with van der Waals surface area (Å²) >= 11 is 7.98. The monoisotopic (exact) mass is 532 g/mol. The average molecular weight is 534 g/mol. The van der Waals surface area contributed by atoms with Gasteiger partial charge in [0.25, 0.3) is 0 Å². The van der Waals surface area contributed by atoms with E-state index in [1.54, 1.807) is 24.3 Å². The van der Waals surface area contributed by atoms with E-state index in [-0.39, 0.29) is 11.8 Å². The number of hydrogen-bond acceptors (Lipinski definition) is 3. The molecule has 0 radical (unpaired) electrons. The standard InChI is InChI=1S/C25H14Br2N2O2/c26-24-16-5-1-2-6-17(16)25(27,19-8-4-3-7-18(19)24)21-20(24)22(30)29(23(21)31)15-11-9-14(13-28)10-12-15/h1-12,20-21H/t20-,21-,24?,25?/m0/s1. The number of carbonyl (C=O) groups is 2. The molecule has 2 atom stereocenters. The predicted octanol–water partition coefficient (Wildman–Crippen LogP) is 4.97. The van der Waals surface area contributed by atoms with Crippen LogP contribution in [0.25, 0.3) is 0 Å². The summed E-state index contributed by atoms with van der Waals surface area (Å²) in [5.41, 5.74) is 5.01. The molecule has 3 aliphatic carbocycles. The Morgan fingerprint density at radius 1 is 0.710 bits per heavy atom. The van der Waals surface area contributed by atoms with Gasteiger partial charge in [0.2, 0.25) is 11.8 Å². The number of benzene rings is 3. The van der Waals surface area contributed by atoms with Crippen molar-refractivity contribution in [2.45, 2.75) is 8.65 Å². The molecule has 2 bridgehead atoms. The van der Waals surface area contributed by atoms with Gasteiger partial charge >= 0.3 is 0 Å². The Labute approximate surface area is 195 Å². The van der Waals surface area contributed by atoms with Crippen LogP contribution in [-0.4, -0.2) is 11.8 Å². The van der Waals surface area contributed by atoms with E-state index in [9.17, 15) is 9.59 Å². The molecule has 4 aliphatic rings. The van der Waals surface area contributed by atoms with Gasteiger partial charge in [-0.1, -0.05) is 80.4 Å². The van der Waals surface area contributed by atoms with E-state index in [4.69, 9.17) is 5.26 Å². The van der Waals surface area contributed by atoms with Crippen molar-refractivity contribution >= 4 is 49.4 Å². The number of nitrogens with zero attached hydrogens (tertiary/aromatic N) is 2. The van der Waals surface area contributed by atoms with Crippen LogP contribution in [0.2, 0.25) is 0 Å². The van der Waals surface area contributed by atoms with Crippen LogP contribution in [0.15, 0.2) is 72.8 Å². The van der Waals surface area contributed by atoms with Crippen molar-refractivity contribution in [2.24, 2.45) is 11.8 Å². The smallest absolute Gasteiger partial charge is 0.239 e. The van der Waals surface area contributed by atoms with Crippen LogP contribution >= 0.6 is 31.9 Å². The highest BCUT2D eigenvalue weighted by Gasteiger charge is 2.72. The maximum atomic E-state index is 13.9. The summed E-state index contributed by atoms with van der Waals surface area (Å²) in [4.78, 5) is 29.0. The zero-order valence-electron chi connectivity index (χ0n) is 16.0. The molecule has 150 valence electrons. The fraction of sp³-hybridized carbons (Fsp3) is 0.160. The first-order chi connectivity index (χ1) is 14.9. The first-order valence-corrected chi connectivity index (χ1v) is 11.5. The summed E-state index contributed by atoms with van der Waals surface area (Å²) in [5.74, 6) is -1.66. The maximum absolute atomic E-state index is 13.9. The van der Waals surface area contributed by atoms with E-state index in [0.717, 1.165) is 22.3 Å². The highest BCUT2D eigenvalue weighted by atomic mass is 79.9. The largest absolute Gasteiger partial charge is 0.274 e. The Hall–Kier alpha value is -2.75. The molecule has 0 unspecified atom stereocenters. The number of carbonyl (C=O) groups excluding carboxylic acids is 2. The molecule has 3 aromatic rings. The fourth-order valence-electron chi connectivity index (χ4n) is 5.61. The summed E-state index contributed by atoms with van der Waals surface area (Å²) in [7, 11) is 0. The van der Waals surface area contributed by atoms with Crippen LogP contribution in [0, 0.1) is 23.2 Å². The number of amides is 2. The number of rotatable bonds is 1. The Balaban J connectivity index is 1.63. The summed E-state index contributed by atoms with van der Waals surface area (Å²) < 4.78 is -1.59. The summed E-state index contributed by atoms with van der Waals surface area (Å²) in [6.07, 6.45) is 0. The minimum absolute atomic E-state index is 0.232. The molecule has 1 aliphatic heterocycles.